The summed E-state index contributed by atoms with van der Waals surface area (Å²) >= 11 is 0. The molecule has 4 N–H and O–H groups in total. The van der Waals surface area contributed by atoms with Crippen LogP contribution in [0.2, 0.25) is 0 Å². The highest BCUT2D eigenvalue weighted by molar-refractivity contribution is 5.60. The Hall–Kier alpha value is -1.42. The highest BCUT2D eigenvalue weighted by Gasteiger charge is 2.09. The average molecular weight is 196 g/mol. The summed E-state index contributed by atoms with van der Waals surface area (Å²) in [4.78, 5) is 1.88. The lowest BCUT2D eigenvalue weighted by Gasteiger charge is -2.18. The number of phenols is 2. The van der Waals surface area contributed by atoms with Crippen LogP contribution in [0.3, 0.4) is 0 Å². The van der Waals surface area contributed by atoms with E-state index in [0.717, 1.165) is 11.3 Å². The Morgan fingerprint density at radius 2 is 1.79 bits per heavy atom. The Labute approximate surface area is 83.6 Å². The predicted octanol–water partition coefficient (Wildman–Crippen LogP) is 0.665. The number of nitrogens with zero attached hydrogens (tertiary/aromatic N) is 1. The third kappa shape index (κ3) is 2.09. The first-order chi connectivity index (χ1) is 6.56. The van der Waals surface area contributed by atoms with Gasteiger partial charge in [-0.1, -0.05) is 0 Å². The van der Waals surface area contributed by atoms with E-state index in [4.69, 9.17) is 5.73 Å². The molecule has 0 saturated heterocycles. The van der Waals surface area contributed by atoms with Gasteiger partial charge in [-0.15, -0.1) is 0 Å². The number of anilines is 1. The van der Waals surface area contributed by atoms with Gasteiger partial charge in [0.1, 0.15) is 0 Å². The monoisotopic (exact) mass is 196 g/mol. The first kappa shape index (κ1) is 10.7. The molecular weight excluding hydrogens is 180 g/mol. The Morgan fingerprint density at radius 3 is 2.29 bits per heavy atom. The fourth-order valence-electron chi connectivity index (χ4n) is 1.38. The van der Waals surface area contributed by atoms with E-state index in [9.17, 15) is 10.2 Å². The zero-order valence-corrected chi connectivity index (χ0v) is 8.49. The van der Waals surface area contributed by atoms with E-state index in [1.165, 1.54) is 0 Å². The molecule has 0 aromatic heterocycles. The van der Waals surface area contributed by atoms with E-state index in [0.29, 0.717) is 13.0 Å². The third-order valence-corrected chi connectivity index (χ3v) is 2.07. The second-order valence-electron chi connectivity index (χ2n) is 3.40. The molecule has 0 spiro atoms. The van der Waals surface area contributed by atoms with Crippen LogP contribution in [0.4, 0.5) is 5.69 Å². The fourth-order valence-corrected chi connectivity index (χ4v) is 1.38. The minimum absolute atomic E-state index is 0.0981. The summed E-state index contributed by atoms with van der Waals surface area (Å²) in [5, 5.41) is 18.7. The molecule has 1 rings (SSSR count). The van der Waals surface area contributed by atoms with Crippen molar-refractivity contribution in [2.24, 2.45) is 5.73 Å². The van der Waals surface area contributed by atoms with Gasteiger partial charge < -0.3 is 20.8 Å². The van der Waals surface area contributed by atoms with Crippen molar-refractivity contribution in [2.75, 3.05) is 25.5 Å². The number of benzene rings is 1. The molecule has 0 aliphatic rings. The van der Waals surface area contributed by atoms with Crippen LogP contribution in [-0.4, -0.2) is 30.9 Å². The van der Waals surface area contributed by atoms with Crippen molar-refractivity contribution in [1.82, 2.24) is 0 Å². The smallest absolute Gasteiger partial charge is 0.159 e. The van der Waals surface area contributed by atoms with Crippen LogP contribution in [0, 0.1) is 0 Å². The Kier molecular flexibility index (Phi) is 3.19. The second-order valence-corrected chi connectivity index (χ2v) is 3.40. The van der Waals surface area contributed by atoms with Gasteiger partial charge in [0.25, 0.3) is 0 Å². The van der Waals surface area contributed by atoms with Gasteiger partial charge in [0.05, 0.1) is 0 Å². The van der Waals surface area contributed by atoms with Gasteiger partial charge in [0.2, 0.25) is 0 Å². The number of rotatable bonds is 3. The molecule has 0 amide bonds. The maximum atomic E-state index is 9.33. The van der Waals surface area contributed by atoms with Gasteiger partial charge in [-0.3, -0.25) is 0 Å². The molecule has 4 nitrogen and oxygen atoms in total. The summed E-state index contributed by atoms with van der Waals surface area (Å²) in [5.41, 5.74) is 7.27. The average Bonchev–Trinajstić information content (AvgIpc) is 2.11. The van der Waals surface area contributed by atoms with Gasteiger partial charge in [0, 0.05) is 25.8 Å². The fraction of sp³-hybridized carbons (Fsp3) is 0.400. The van der Waals surface area contributed by atoms with Crippen molar-refractivity contribution in [3.63, 3.8) is 0 Å². The normalized spacial score (nSPS) is 10.2. The summed E-state index contributed by atoms with van der Waals surface area (Å²) in [6.07, 6.45) is 0.682. The van der Waals surface area contributed by atoms with Crippen LogP contribution >= 0.6 is 0 Å². The third-order valence-electron chi connectivity index (χ3n) is 2.07. The van der Waals surface area contributed by atoms with E-state index < -0.39 is 0 Å². The van der Waals surface area contributed by atoms with E-state index >= 15 is 0 Å². The van der Waals surface area contributed by atoms with E-state index in [-0.39, 0.29) is 11.5 Å². The molecule has 0 aliphatic carbocycles. The van der Waals surface area contributed by atoms with Crippen molar-refractivity contribution in [1.29, 1.82) is 0 Å². The summed E-state index contributed by atoms with van der Waals surface area (Å²) in [6, 6.07) is 3.10. The number of hydrogen-bond acceptors (Lipinski definition) is 4. The zero-order valence-electron chi connectivity index (χ0n) is 8.49. The number of nitrogens with two attached hydrogens (primary N) is 1. The molecule has 14 heavy (non-hydrogen) atoms. The lowest BCUT2D eigenvalue weighted by Crippen LogP contribution is -2.13. The Balaban J connectivity index is 3.17. The van der Waals surface area contributed by atoms with Crippen molar-refractivity contribution in [3.05, 3.63) is 17.7 Å². The summed E-state index contributed by atoms with van der Waals surface area (Å²) in [6.45, 7) is 0.519. The van der Waals surface area contributed by atoms with E-state index in [1.807, 2.05) is 19.0 Å². The van der Waals surface area contributed by atoms with Gasteiger partial charge in [-0.05, 0) is 24.6 Å². The van der Waals surface area contributed by atoms with Crippen LogP contribution in [0.15, 0.2) is 12.1 Å². The number of aromatic hydroxyl groups is 2. The van der Waals surface area contributed by atoms with E-state index in [2.05, 4.69) is 0 Å². The molecule has 0 heterocycles. The zero-order chi connectivity index (χ0) is 10.7. The summed E-state index contributed by atoms with van der Waals surface area (Å²) in [5.74, 6) is -0.200. The first-order valence-electron chi connectivity index (χ1n) is 4.48. The first-order valence-corrected chi connectivity index (χ1v) is 4.48. The highest BCUT2D eigenvalue weighted by Crippen LogP contribution is 2.32. The minimum atomic E-state index is -0.102. The molecule has 0 atom stereocenters. The van der Waals surface area contributed by atoms with Crippen molar-refractivity contribution < 1.29 is 10.2 Å². The maximum absolute atomic E-state index is 9.33. The standard InChI is InChI=1S/C10H16N2O2/c1-12(2)8-6-10(14)9(13)5-7(8)3-4-11/h5-6,13-14H,3-4,11H2,1-2H3. The van der Waals surface area contributed by atoms with Crippen LogP contribution in [0.1, 0.15) is 5.56 Å². The van der Waals surface area contributed by atoms with Gasteiger partial charge in [0.15, 0.2) is 11.5 Å². The molecule has 0 bridgehead atoms. The SMILES string of the molecule is CN(C)c1cc(O)c(O)cc1CCN. The maximum Gasteiger partial charge on any atom is 0.159 e. The highest BCUT2D eigenvalue weighted by atomic mass is 16.3. The Bertz CT molecular complexity index is 324. The molecule has 0 aliphatic heterocycles. The quantitative estimate of drug-likeness (QED) is 0.621. The molecule has 0 unspecified atom stereocenters. The topological polar surface area (TPSA) is 69.7 Å². The van der Waals surface area contributed by atoms with Crippen molar-refractivity contribution in [3.8, 4) is 11.5 Å². The number of hydrogen-bond donors (Lipinski definition) is 3. The van der Waals surface area contributed by atoms with Crippen molar-refractivity contribution in [2.45, 2.75) is 6.42 Å². The number of phenolic OH excluding ortho intramolecular Hbond substituents is 2. The molecular formula is C10H16N2O2. The van der Waals surface area contributed by atoms with Crippen LogP contribution < -0.4 is 10.6 Å². The largest absolute Gasteiger partial charge is 0.504 e. The van der Waals surface area contributed by atoms with Crippen LogP contribution in [0.5, 0.6) is 11.5 Å². The van der Waals surface area contributed by atoms with Crippen LogP contribution in [-0.2, 0) is 6.42 Å². The molecule has 0 fully saturated rings. The summed E-state index contributed by atoms with van der Waals surface area (Å²) < 4.78 is 0. The van der Waals surface area contributed by atoms with Gasteiger partial charge in [-0.25, -0.2) is 0 Å². The Morgan fingerprint density at radius 1 is 1.21 bits per heavy atom. The van der Waals surface area contributed by atoms with Crippen LogP contribution in [0.25, 0.3) is 0 Å². The van der Waals surface area contributed by atoms with Crippen molar-refractivity contribution >= 4 is 5.69 Å². The van der Waals surface area contributed by atoms with Gasteiger partial charge >= 0.3 is 0 Å². The molecule has 1 aromatic carbocycles. The van der Waals surface area contributed by atoms with E-state index in [1.54, 1.807) is 12.1 Å². The predicted molar refractivity (Wildman–Crippen MR) is 56.9 cm³/mol. The lowest BCUT2D eigenvalue weighted by atomic mass is 10.1. The summed E-state index contributed by atoms with van der Waals surface area (Å²) in [7, 11) is 3.76. The molecule has 78 valence electrons. The molecule has 1 aromatic rings. The molecule has 4 heteroatoms. The van der Waals surface area contributed by atoms with Gasteiger partial charge in [-0.2, -0.15) is 0 Å². The molecule has 0 saturated carbocycles. The minimum Gasteiger partial charge on any atom is -0.504 e. The lowest BCUT2D eigenvalue weighted by molar-refractivity contribution is 0.403. The molecule has 0 radical (unpaired) electrons. The second kappa shape index (κ2) is 4.19.